The van der Waals surface area contributed by atoms with Crippen molar-refractivity contribution in [1.82, 2.24) is 9.36 Å². The fourth-order valence-corrected chi connectivity index (χ4v) is 2.47. The van der Waals surface area contributed by atoms with Gasteiger partial charge >= 0.3 is 0 Å². The number of benzene rings is 1. The Morgan fingerprint density at radius 2 is 2.06 bits per heavy atom. The predicted octanol–water partition coefficient (Wildman–Crippen LogP) is 2.98. The average Bonchev–Trinajstić information content (AvgIpc) is 2.74. The fraction of sp³-hybridized carbons (Fsp3) is 0.200. The van der Waals surface area contributed by atoms with E-state index in [-0.39, 0.29) is 0 Å². The molecule has 1 aromatic heterocycles. The second kappa shape index (κ2) is 4.80. The topological polar surface area (TPSA) is 44.2 Å². The van der Waals surface area contributed by atoms with Crippen LogP contribution in [0.25, 0.3) is 10.6 Å². The third-order valence-corrected chi connectivity index (χ3v) is 3.37. The van der Waals surface area contributed by atoms with Gasteiger partial charge < -0.3 is 9.47 Å². The highest BCUT2D eigenvalue weighted by Gasteiger charge is 2.14. The van der Waals surface area contributed by atoms with Gasteiger partial charge in [0.25, 0.3) is 0 Å². The number of aromatic nitrogens is 2. The molecule has 0 unspecified atom stereocenters. The molecule has 2 aromatic rings. The van der Waals surface area contributed by atoms with Gasteiger partial charge in [0.2, 0.25) is 4.73 Å². The SMILES string of the molecule is COc1cccc(-c2nc(Br)ns2)c1OC. The normalized spacial score (nSPS) is 10.2. The van der Waals surface area contributed by atoms with Gasteiger partial charge in [0.15, 0.2) is 11.5 Å². The summed E-state index contributed by atoms with van der Waals surface area (Å²) in [6.45, 7) is 0. The van der Waals surface area contributed by atoms with Gasteiger partial charge in [0.1, 0.15) is 5.01 Å². The number of hydrogen-bond acceptors (Lipinski definition) is 5. The third kappa shape index (κ3) is 2.03. The first-order chi connectivity index (χ1) is 7.76. The largest absolute Gasteiger partial charge is 0.493 e. The number of methoxy groups -OCH3 is 2. The van der Waals surface area contributed by atoms with E-state index in [1.165, 1.54) is 11.5 Å². The Bertz CT molecular complexity index is 501. The summed E-state index contributed by atoms with van der Waals surface area (Å²) in [6, 6.07) is 5.67. The minimum atomic E-state index is 0.581. The van der Waals surface area contributed by atoms with Crippen LogP contribution in [0.15, 0.2) is 22.9 Å². The summed E-state index contributed by atoms with van der Waals surface area (Å²) < 4.78 is 15.2. The fourth-order valence-electron chi connectivity index (χ4n) is 1.37. The Morgan fingerprint density at radius 1 is 1.25 bits per heavy atom. The molecule has 6 heteroatoms. The molecule has 0 saturated carbocycles. The summed E-state index contributed by atoms with van der Waals surface area (Å²) in [5, 5.41) is 0.794. The van der Waals surface area contributed by atoms with E-state index in [1.807, 2.05) is 18.2 Å². The molecule has 1 aromatic carbocycles. The number of hydrogen-bond donors (Lipinski definition) is 0. The minimum Gasteiger partial charge on any atom is -0.493 e. The lowest BCUT2D eigenvalue weighted by Gasteiger charge is -2.10. The van der Waals surface area contributed by atoms with Crippen molar-refractivity contribution in [2.24, 2.45) is 0 Å². The quantitative estimate of drug-likeness (QED) is 0.874. The van der Waals surface area contributed by atoms with Crippen molar-refractivity contribution >= 4 is 27.5 Å². The summed E-state index contributed by atoms with van der Waals surface area (Å²) in [4.78, 5) is 4.25. The lowest BCUT2D eigenvalue weighted by atomic mass is 10.2. The Labute approximate surface area is 106 Å². The molecule has 16 heavy (non-hydrogen) atoms. The highest BCUT2D eigenvalue weighted by molar-refractivity contribution is 9.10. The minimum absolute atomic E-state index is 0.581. The number of halogens is 1. The van der Waals surface area contributed by atoms with Crippen molar-refractivity contribution in [1.29, 1.82) is 0 Å². The standard InChI is InChI=1S/C10H9BrN2O2S/c1-14-7-5-3-4-6(8(7)15-2)9-12-10(11)13-16-9/h3-5H,1-2H3. The maximum Gasteiger partial charge on any atom is 0.209 e. The second-order valence-corrected chi connectivity index (χ2v) is 4.37. The van der Waals surface area contributed by atoms with Crippen LogP contribution in [0.1, 0.15) is 0 Å². The van der Waals surface area contributed by atoms with E-state index in [0.29, 0.717) is 16.2 Å². The average molecular weight is 301 g/mol. The Kier molecular flexibility index (Phi) is 3.40. The van der Waals surface area contributed by atoms with Gasteiger partial charge in [-0.25, -0.2) is 4.98 Å². The van der Waals surface area contributed by atoms with Crippen LogP contribution >= 0.6 is 27.5 Å². The summed E-state index contributed by atoms with van der Waals surface area (Å²) >= 11 is 4.54. The summed E-state index contributed by atoms with van der Waals surface area (Å²) in [6.07, 6.45) is 0. The van der Waals surface area contributed by atoms with Crippen LogP contribution in [0.5, 0.6) is 11.5 Å². The molecule has 0 N–H and O–H groups in total. The van der Waals surface area contributed by atoms with Crippen molar-refractivity contribution in [3.8, 4) is 22.1 Å². The summed E-state index contributed by atoms with van der Waals surface area (Å²) in [7, 11) is 3.22. The molecule has 0 atom stereocenters. The molecule has 0 amide bonds. The van der Waals surface area contributed by atoms with Gasteiger partial charge in [-0.1, -0.05) is 6.07 Å². The zero-order chi connectivity index (χ0) is 11.5. The lowest BCUT2D eigenvalue weighted by molar-refractivity contribution is 0.356. The number of rotatable bonds is 3. The number of nitrogens with zero attached hydrogens (tertiary/aromatic N) is 2. The molecule has 0 spiro atoms. The zero-order valence-electron chi connectivity index (χ0n) is 8.73. The van der Waals surface area contributed by atoms with Crippen molar-refractivity contribution in [3.05, 3.63) is 22.9 Å². The van der Waals surface area contributed by atoms with Crippen molar-refractivity contribution in [2.45, 2.75) is 0 Å². The van der Waals surface area contributed by atoms with Crippen LogP contribution in [-0.4, -0.2) is 23.6 Å². The molecule has 2 rings (SSSR count). The number of para-hydroxylation sites is 1. The molecule has 0 aliphatic rings. The summed E-state index contributed by atoms with van der Waals surface area (Å²) in [5.74, 6) is 1.36. The van der Waals surface area contributed by atoms with E-state index in [9.17, 15) is 0 Å². The van der Waals surface area contributed by atoms with Crippen LogP contribution in [0.2, 0.25) is 0 Å². The van der Waals surface area contributed by atoms with Gasteiger partial charge in [0.05, 0.1) is 19.8 Å². The van der Waals surface area contributed by atoms with E-state index in [0.717, 1.165) is 10.6 Å². The van der Waals surface area contributed by atoms with E-state index >= 15 is 0 Å². The smallest absolute Gasteiger partial charge is 0.209 e. The van der Waals surface area contributed by atoms with E-state index in [1.54, 1.807) is 14.2 Å². The van der Waals surface area contributed by atoms with Gasteiger partial charge in [-0.2, -0.15) is 4.37 Å². The Hall–Kier alpha value is -1.14. The zero-order valence-corrected chi connectivity index (χ0v) is 11.1. The molecule has 0 radical (unpaired) electrons. The predicted molar refractivity (Wildman–Crippen MR) is 66.1 cm³/mol. The Morgan fingerprint density at radius 3 is 2.62 bits per heavy atom. The maximum atomic E-state index is 5.33. The first-order valence-corrected chi connectivity index (χ1v) is 6.03. The van der Waals surface area contributed by atoms with Crippen LogP contribution < -0.4 is 9.47 Å². The molecule has 4 nitrogen and oxygen atoms in total. The van der Waals surface area contributed by atoms with Gasteiger partial charge in [-0.15, -0.1) is 0 Å². The first kappa shape index (κ1) is 11.3. The molecule has 0 saturated heterocycles. The molecule has 84 valence electrons. The third-order valence-electron chi connectivity index (χ3n) is 2.03. The Balaban J connectivity index is 2.56. The van der Waals surface area contributed by atoms with Gasteiger partial charge in [0, 0.05) is 0 Å². The molecule has 0 aliphatic carbocycles. The molecular weight excluding hydrogens is 292 g/mol. The highest BCUT2D eigenvalue weighted by atomic mass is 79.9. The van der Waals surface area contributed by atoms with Crippen molar-refractivity contribution in [3.63, 3.8) is 0 Å². The van der Waals surface area contributed by atoms with Crippen LogP contribution in [-0.2, 0) is 0 Å². The van der Waals surface area contributed by atoms with Crippen LogP contribution in [0, 0.1) is 0 Å². The van der Waals surface area contributed by atoms with Gasteiger partial charge in [-0.05, 0) is 39.6 Å². The number of ether oxygens (including phenoxy) is 2. The van der Waals surface area contributed by atoms with Crippen LogP contribution in [0.3, 0.4) is 0 Å². The van der Waals surface area contributed by atoms with E-state index in [2.05, 4.69) is 25.3 Å². The molecular formula is C10H9BrN2O2S. The van der Waals surface area contributed by atoms with Crippen LogP contribution in [0.4, 0.5) is 0 Å². The molecule has 0 aliphatic heterocycles. The van der Waals surface area contributed by atoms with E-state index < -0.39 is 0 Å². The van der Waals surface area contributed by atoms with Crippen molar-refractivity contribution < 1.29 is 9.47 Å². The summed E-state index contributed by atoms with van der Waals surface area (Å²) in [5.41, 5.74) is 0.880. The lowest BCUT2D eigenvalue weighted by Crippen LogP contribution is -1.92. The van der Waals surface area contributed by atoms with Crippen molar-refractivity contribution in [2.75, 3.05) is 14.2 Å². The molecule has 1 heterocycles. The molecule has 0 bridgehead atoms. The molecule has 0 fully saturated rings. The highest BCUT2D eigenvalue weighted by Crippen LogP contribution is 2.38. The second-order valence-electron chi connectivity index (χ2n) is 2.91. The maximum absolute atomic E-state index is 5.33. The first-order valence-electron chi connectivity index (χ1n) is 4.47. The van der Waals surface area contributed by atoms with Gasteiger partial charge in [-0.3, -0.25) is 0 Å². The monoisotopic (exact) mass is 300 g/mol. The van der Waals surface area contributed by atoms with E-state index in [4.69, 9.17) is 9.47 Å².